The van der Waals surface area contributed by atoms with E-state index in [-0.39, 0.29) is 5.60 Å². The maximum absolute atomic E-state index is 5.79. The standard InChI is InChI=1S/C10H15ClN2O/c1-5-10(3,4)14-9-6-8(11)12-7(2)13-9/h6H,5H2,1-4H3. The zero-order valence-electron chi connectivity index (χ0n) is 8.97. The van der Waals surface area contributed by atoms with Gasteiger partial charge in [-0.3, -0.25) is 0 Å². The van der Waals surface area contributed by atoms with Gasteiger partial charge in [0.25, 0.3) is 0 Å². The maximum atomic E-state index is 5.79. The van der Waals surface area contributed by atoms with Crippen molar-refractivity contribution >= 4 is 11.6 Å². The Morgan fingerprint density at radius 2 is 2.07 bits per heavy atom. The van der Waals surface area contributed by atoms with E-state index >= 15 is 0 Å². The van der Waals surface area contributed by atoms with Crippen LogP contribution < -0.4 is 4.74 Å². The van der Waals surface area contributed by atoms with Gasteiger partial charge in [0.05, 0.1) is 0 Å². The molecule has 0 N–H and O–H groups in total. The van der Waals surface area contributed by atoms with Crippen molar-refractivity contribution in [3.05, 3.63) is 17.0 Å². The minimum atomic E-state index is -0.218. The fourth-order valence-electron chi connectivity index (χ4n) is 0.913. The first-order valence-electron chi connectivity index (χ1n) is 4.63. The van der Waals surface area contributed by atoms with E-state index in [0.29, 0.717) is 16.9 Å². The first kappa shape index (κ1) is 11.2. The predicted molar refractivity (Wildman–Crippen MR) is 56.8 cm³/mol. The van der Waals surface area contributed by atoms with Crippen molar-refractivity contribution < 1.29 is 4.74 Å². The molecule has 0 unspecified atom stereocenters. The van der Waals surface area contributed by atoms with Crippen LogP contribution in [0, 0.1) is 6.92 Å². The van der Waals surface area contributed by atoms with Gasteiger partial charge in [0.15, 0.2) is 0 Å². The monoisotopic (exact) mass is 214 g/mol. The summed E-state index contributed by atoms with van der Waals surface area (Å²) in [6.45, 7) is 7.88. The lowest BCUT2D eigenvalue weighted by atomic mass is 10.1. The Bertz CT molecular complexity index is 306. The summed E-state index contributed by atoms with van der Waals surface area (Å²) in [7, 11) is 0. The van der Waals surface area contributed by atoms with E-state index in [4.69, 9.17) is 16.3 Å². The molecule has 0 spiro atoms. The van der Waals surface area contributed by atoms with Crippen molar-refractivity contribution in [3.63, 3.8) is 0 Å². The molecular formula is C10H15ClN2O. The lowest BCUT2D eigenvalue weighted by Gasteiger charge is -2.23. The van der Waals surface area contributed by atoms with Crippen molar-refractivity contribution in [2.45, 2.75) is 39.7 Å². The predicted octanol–water partition coefficient (Wildman–Crippen LogP) is 3.01. The molecule has 0 aliphatic carbocycles. The van der Waals surface area contributed by atoms with Crippen molar-refractivity contribution in [2.24, 2.45) is 0 Å². The fourth-order valence-corrected chi connectivity index (χ4v) is 1.13. The molecule has 0 saturated heterocycles. The third-order valence-electron chi connectivity index (χ3n) is 2.02. The SMILES string of the molecule is CCC(C)(C)Oc1cc(Cl)nc(C)n1. The van der Waals surface area contributed by atoms with E-state index in [2.05, 4.69) is 16.9 Å². The van der Waals surface area contributed by atoms with Crippen LogP contribution >= 0.6 is 11.6 Å². The third kappa shape index (κ3) is 3.14. The Morgan fingerprint density at radius 1 is 1.43 bits per heavy atom. The van der Waals surface area contributed by atoms with Crippen LogP contribution in [0.15, 0.2) is 6.07 Å². The summed E-state index contributed by atoms with van der Waals surface area (Å²) in [6.07, 6.45) is 0.910. The first-order valence-corrected chi connectivity index (χ1v) is 5.01. The highest BCUT2D eigenvalue weighted by molar-refractivity contribution is 6.29. The second-order valence-corrected chi connectivity index (χ2v) is 4.18. The van der Waals surface area contributed by atoms with Crippen molar-refractivity contribution in [1.82, 2.24) is 9.97 Å². The van der Waals surface area contributed by atoms with E-state index in [1.165, 1.54) is 0 Å². The molecule has 1 aromatic rings. The van der Waals surface area contributed by atoms with Crippen LogP contribution in [0.5, 0.6) is 5.88 Å². The molecule has 0 radical (unpaired) electrons. The van der Waals surface area contributed by atoms with Gasteiger partial charge in [0.2, 0.25) is 5.88 Å². The fraction of sp³-hybridized carbons (Fsp3) is 0.600. The molecule has 4 heteroatoms. The molecule has 0 atom stereocenters. The van der Waals surface area contributed by atoms with E-state index in [0.717, 1.165) is 6.42 Å². The summed E-state index contributed by atoms with van der Waals surface area (Å²) in [5, 5.41) is 0.416. The normalized spacial score (nSPS) is 11.5. The zero-order valence-corrected chi connectivity index (χ0v) is 9.72. The molecule has 78 valence electrons. The van der Waals surface area contributed by atoms with Crippen molar-refractivity contribution in [3.8, 4) is 5.88 Å². The van der Waals surface area contributed by atoms with Crippen LogP contribution in [-0.2, 0) is 0 Å². The topological polar surface area (TPSA) is 35.0 Å². The van der Waals surface area contributed by atoms with Crippen LogP contribution in [0.3, 0.4) is 0 Å². The Balaban J connectivity index is 2.87. The van der Waals surface area contributed by atoms with Gasteiger partial charge in [-0.2, -0.15) is 4.98 Å². The molecule has 0 saturated carbocycles. The highest BCUT2D eigenvalue weighted by atomic mass is 35.5. The second-order valence-electron chi connectivity index (χ2n) is 3.79. The minimum Gasteiger partial charge on any atom is -0.472 e. The van der Waals surface area contributed by atoms with Crippen LogP contribution in [0.25, 0.3) is 0 Å². The van der Waals surface area contributed by atoms with E-state index < -0.39 is 0 Å². The summed E-state index contributed by atoms with van der Waals surface area (Å²) < 4.78 is 5.68. The molecule has 1 rings (SSSR count). The Labute approximate surface area is 89.5 Å². The number of halogens is 1. The van der Waals surface area contributed by atoms with Gasteiger partial charge in [-0.15, -0.1) is 0 Å². The molecule has 14 heavy (non-hydrogen) atoms. The largest absolute Gasteiger partial charge is 0.472 e. The molecular weight excluding hydrogens is 200 g/mol. The van der Waals surface area contributed by atoms with Gasteiger partial charge in [-0.05, 0) is 27.2 Å². The number of aromatic nitrogens is 2. The van der Waals surface area contributed by atoms with E-state index in [1.807, 2.05) is 13.8 Å². The quantitative estimate of drug-likeness (QED) is 0.726. The minimum absolute atomic E-state index is 0.218. The van der Waals surface area contributed by atoms with Gasteiger partial charge in [0, 0.05) is 6.07 Å². The molecule has 1 aromatic heterocycles. The van der Waals surface area contributed by atoms with Gasteiger partial charge in [-0.25, -0.2) is 4.98 Å². The highest BCUT2D eigenvalue weighted by Crippen LogP contribution is 2.20. The summed E-state index contributed by atoms with van der Waals surface area (Å²) in [5.74, 6) is 1.16. The molecule has 0 amide bonds. The van der Waals surface area contributed by atoms with Gasteiger partial charge in [-0.1, -0.05) is 18.5 Å². The van der Waals surface area contributed by atoms with E-state index in [9.17, 15) is 0 Å². The van der Waals surface area contributed by atoms with Gasteiger partial charge >= 0.3 is 0 Å². The molecule has 0 bridgehead atoms. The van der Waals surface area contributed by atoms with Gasteiger partial charge < -0.3 is 4.74 Å². The number of hydrogen-bond acceptors (Lipinski definition) is 3. The van der Waals surface area contributed by atoms with Crippen LogP contribution in [-0.4, -0.2) is 15.6 Å². The van der Waals surface area contributed by atoms with Crippen LogP contribution in [0.1, 0.15) is 33.0 Å². The molecule has 0 aliphatic rings. The van der Waals surface area contributed by atoms with Crippen LogP contribution in [0.4, 0.5) is 0 Å². The van der Waals surface area contributed by atoms with Gasteiger partial charge in [0.1, 0.15) is 16.6 Å². The maximum Gasteiger partial charge on any atom is 0.218 e. The number of ether oxygens (including phenoxy) is 1. The number of aryl methyl sites for hydroxylation is 1. The Hall–Kier alpha value is -0.830. The average Bonchev–Trinajstić information content (AvgIpc) is 2.01. The lowest BCUT2D eigenvalue weighted by Crippen LogP contribution is -2.27. The third-order valence-corrected chi connectivity index (χ3v) is 2.21. The number of nitrogens with zero attached hydrogens (tertiary/aromatic N) is 2. The molecule has 0 aliphatic heterocycles. The second kappa shape index (κ2) is 4.13. The Morgan fingerprint density at radius 3 is 2.57 bits per heavy atom. The van der Waals surface area contributed by atoms with Crippen LogP contribution in [0.2, 0.25) is 5.15 Å². The highest BCUT2D eigenvalue weighted by Gasteiger charge is 2.17. The van der Waals surface area contributed by atoms with E-state index in [1.54, 1.807) is 13.0 Å². The molecule has 0 fully saturated rings. The first-order chi connectivity index (χ1) is 6.43. The molecule has 0 aromatic carbocycles. The number of rotatable bonds is 3. The van der Waals surface area contributed by atoms with Crippen molar-refractivity contribution in [2.75, 3.05) is 0 Å². The summed E-state index contributed by atoms with van der Waals surface area (Å²) in [6, 6.07) is 1.63. The number of hydrogen-bond donors (Lipinski definition) is 0. The average molecular weight is 215 g/mol. The molecule has 3 nitrogen and oxygen atoms in total. The Kier molecular flexibility index (Phi) is 3.32. The summed E-state index contributed by atoms with van der Waals surface area (Å²) in [4.78, 5) is 8.11. The zero-order chi connectivity index (χ0) is 10.8. The van der Waals surface area contributed by atoms with Crippen molar-refractivity contribution in [1.29, 1.82) is 0 Å². The summed E-state index contributed by atoms with van der Waals surface area (Å²) in [5.41, 5.74) is -0.218. The molecule has 1 heterocycles. The smallest absolute Gasteiger partial charge is 0.218 e. The summed E-state index contributed by atoms with van der Waals surface area (Å²) >= 11 is 5.79. The lowest BCUT2D eigenvalue weighted by molar-refractivity contribution is 0.0986.